The minimum atomic E-state index is 0.0425. The number of ketones is 1. The van der Waals surface area contributed by atoms with Crippen LogP contribution in [0.1, 0.15) is 41.4 Å². The van der Waals surface area contributed by atoms with Crippen LogP contribution in [0.25, 0.3) is 0 Å². The third-order valence-corrected chi connectivity index (χ3v) is 3.32. The molecule has 2 aromatic heterocycles. The standard InChI is InChI=1S/C14H20N4O/c1-5-11-8-12(18(6-2)15-11)9-14(19)13-7-10(3)17(4)16-13/h7-8H,5-6,9H2,1-4H3. The molecule has 0 saturated carbocycles. The zero-order chi connectivity index (χ0) is 14.0. The number of carbonyl (C=O) groups excluding carboxylic acids is 1. The molecule has 0 fully saturated rings. The van der Waals surface area contributed by atoms with Gasteiger partial charge in [0.1, 0.15) is 5.69 Å². The van der Waals surface area contributed by atoms with E-state index in [9.17, 15) is 4.79 Å². The first-order valence-corrected chi connectivity index (χ1v) is 6.64. The van der Waals surface area contributed by atoms with E-state index >= 15 is 0 Å². The Morgan fingerprint density at radius 3 is 2.53 bits per heavy atom. The first kappa shape index (κ1) is 13.5. The third-order valence-electron chi connectivity index (χ3n) is 3.32. The number of aromatic nitrogens is 4. The summed E-state index contributed by atoms with van der Waals surface area (Å²) in [6.45, 7) is 6.82. The molecular formula is C14H20N4O. The fourth-order valence-electron chi connectivity index (χ4n) is 2.06. The van der Waals surface area contributed by atoms with Crippen LogP contribution in [-0.4, -0.2) is 25.3 Å². The van der Waals surface area contributed by atoms with Crippen molar-refractivity contribution in [2.75, 3.05) is 0 Å². The normalized spacial score (nSPS) is 10.9. The van der Waals surface area contributed by atoms with Crippen LogP contribution in [0.2, 0.25) is 0 Å². The number of aryl methyl sites for hydroxylation is 4. The molecule has 0 bridgehead atoms. The van der Waals surface area contributed by atoms with Gasteiger partial charge in [0.05, 0.1) is 12.1 Å². The zero-order valence-electron chi connectivity index (χ0n) is 12.0. The molecule has 0 radical (unpaired) electrons. The van der Waals surface area contributed by atoms with Crippen molar-refractivity contribution < 1.29 is 4.79 Å². The predicted octanol–water partition coefficient (Wildman–Crippen LogP) is 1.93. The molecule has 0 aliphatic rings. The number of hydrogen-bond acceptors (Lipinski definition) is 3. The number of hydrogen-bond donors (Lipinski definition) is 0. The van der Waals surface area contributed by atoms with Gasteiger partial charge >= 0.3 is 0 Å². The van der Waals surface area contributed by atoms with E-state index in [-0.39, 0.29) is 5.78 Å². The summed E-state index contributed by atoms with van der Waals surface area (Å²) in [5.74, 6) is 0.0425. The Balaban J connectivity index is 2.20. The van der Waals surface area contributed by atoms with E-state index in [0.717, 1.165) is 30.0 Å². The van der Waals surface area contributed by atoms with Crippen molar-refractivity contribution in [3.63, 3.8) is 0 Å². The second-order valence-electron chi connectivity index (χ2n) is 4.69. The van der Waals surface area contributed by atoms with Gasteiger partial charge in [-0.3, -0.25) is 14.2 Å². The Kier molecular flexibility index (Phi) is 3.83. The molecule has 0 spiro atoms. The summed E-state index contributed by atoms with van der Waals surface area (Å²) in [5.41, 5.74) is 3.51. The van der Waals surface area contributed by atoms with Crippen LogP contribution in [0.4, 0.5) is 0 Å². The van der Waals surface area contributed by atoms with E-state index in [4.69, 9.17) is 0 Å². The minimum absolute atomic E-state index is 0.0425. The highest BCUT2D eigenvalue weighted by atomic mass is 16.1. The first-order valence-electron chi connectivity index (χ1n) is 6.64. The predicted molar refractivity (Wildman–Crippen MR) is 73.3 cm³/mol. The van der Waals surface area contributed by atoms with Gasteiger partial charge in [-0.1, -0.05) is 6.92 Å². The smallest absolute Gasteiger partial charge is 0.188 e. The Hall–Kier alpha value is -1.91. The van der Waals surface area contributed by atoms with Crippen molar-refractivity contribution in [2.24, 2.45) is 7.05 Å². The van der Waals surface area contributed by atoms with Gasteiger partial charge in [0, 0.05) is 25.0 Å². The Bertz CT molecular complexity index is 575. The molecule has 0 aromatic carbocycles. The zero-order valence-corrected chi connectivity index (χ0v) is 12.0. The van der Waals surface area contributed by atoms with Crippen LogP contribution in [-0.2, 0) is 26.4 Å². The SMILES string of the molecule is CCc1cc(CC(=O)c2cc(C)n(C)n2)n(CC)n1. The summed E-state index contributed by atoms with van der Waals surface area (Å²) in [7, 11) is 1.84. The lowest BCUT2D eigenvalue weighted by Crippen LogP contribution is -2.10. The molecule has 2 rings (SSSR count). The summed E-state index contributed by atoms with van der Waals surface area (Å²) < 4.78 is 3.62. The molecule has 0 saturated heterocycles. The van der Waals surface area contributed by atoms with Crippen LogP contribution in [0.5, 0.6) is 0 Å². The number of Topliss-reactive ketones (excluding diaryl/α,β-unsaturated/α-hetero) is 1. The van der Waals surface area contributed by atoms with Gasteiger partial charge < -0.3 is 0 Å². The summed E-state index contributed by atoms with van der Waals surface area (Å²) in [6, 6.07) is 3.84. The Labute approximate surface area is 113 Å². The van der Waals surface area contributed by atoms with Gasteiger partial charge in [0.25, 0.3) is 0 Å². The van der Waals surface area contributed by atoms with Crippen LogP contribution in [0, 0.1) is 6.92 Å². The molecule has 2 heterocycles. The summed E-state index contributed by atoms with van der Waals surface area (Å²) in [6.07, 6.45) is 1.24. The average molecular weight is 260 g/mol. The maximum absolute atomic E-state index is 12.2. The van der Waals surface area contributed by atoms with E-state index in [2.05, 4.69) is 17.1 Å². The second kappa shape index (κ2) is 5.38. The molecule has 0 N–H and O–H groups in total. The van der Waals surface area contributed by atoms with E-state index < -0.39 is 0 Å². The maximum atomic E-state index is 12.2. The average Bonchev–Trinajstić information content (AvgIpc) is 2.93. The van der Waals surface area contributed by atoms with E-state index in [0.29, 0.717) is 12.1 Å². The van der Waals surface area contributed by atoms with Gasteiger partial charge in [-0.15, -0.1) is 0 Å². The summed E-state index contributed by atoms with van der Waals surface area (Å²) in [4.78, 5) is 12.2. The van der Waals surface area contributed by atoms with Crippen molar-refractivity contribution in [3.8, 4) is 0 Å². The summed E-state index contributed by atoms with van der Waals surface area (Å²) in [5, 5.41) is 8.68. The van der Waals surface area contributed by atoms with Gasteiger partial charge in [0.2, 0.25) is 0 Å². The highest BCUT2D eigenvalue weighted by Gasteiger charge is 2.15. The second-order valence-corrected chi connectivity index (χ2v) is 4.69. The Morgan fingerprint density at radius 2 is 2.00 bits per heavy atom. The fraction of sp³-hybridized carbons (Fsp3) is 0.500. The van der Waals surface area contributed by atoms with Gasteiger partial charge in [-0.05, 0) is 32.4 Å². The molecule has 5 heteroatoms. The molecule has 0 atom stereocenters. The molecule has 0 aliphatic heterocycles. The molecule has 19 heavy (non-hydrogen) atoms. The first-order chi connectivity index (χ1) is 9.05. The van der Waals surface area contributed by atoms with Crippen LogP contribution in [0.3, 0.4) is 0 Å². The quantitative estimate of drug-likeness (QED) is 0.772. The van der Waals surface area contributed by atoms with Crippen molar-refractivity contribution in [1.29, 1.82) is 0 Å². The molecule has 102 valence electrons. The Morgan fingerprint density at radius 1 is 1.26 bits per heavy atom. The third kappa shape index (κ3) is 2.75. The minimum Gasteiger partial charge on any atom is -0.292 e. The highest BCUT2D eigenvalue weighted by Crippen LogP contribution is 2.10. The number of nitrogens with zero attached hydrogens (tertiary/aromatic N) is 4. The van der Waals surface area contributed by atoms with Gasteiger partial charge in [0.15, 0.2) is 5.78 Å². The van der Waals surface area contributed by atoms with Crippen molar-refractivity contribution in [1.82, 2.24) is 19.6 Å². The van der Waals surface area contributed by atoms with Crippen molar-refractivity contribution >= 4 is 5.78 Å². The topological polar surface area (TPSA) is 52.7 Å². The van der Waals surface area contributed by atoms with E-state index in [1.807, 2.05) is 37.7 Å². The molecule has 0 amide bonds. The molecular weight excluding hydrogens is 240 g/mol. The highest BCUT2D eigenvalue weighted by molar-refractivity contribution is 5.95. The lowest BCUT2D eigenvalue weighted by atomic mass is 10.1. The largest absolute Gasteiger partial charge is 0.292 e. The monoisotopic (exact) mass is 260 g/mol. The van der Waals surface area contributed by atoms with Crippen molar-refractivity contribution in [3.05, 3.63) is 34.9 Å². The van der Waals surface area contributed by atoms with E-state index in [1.54, 1.807) is 4.68 Å². The summed E-state index contributed by atoms with van der Waals surface area (Å²) >= 11 is 0. The van der Waals surface area contributed by atoms with Gasteiger partial charge in [-0.25, -0.2) is 0 Å². The molecule has 0 unspecified atom stereocenters. The van der Waals surface area contributed by atoms with E-state index in [1.165, 1.54) is 0 Å². The lowest BCUT2D eigenvalue weighted by molar-refractivity contribution is 0.0985. The van der Waals surface area contributed by atoms with Crippen LogP contribution < -0.4 is 0 Å². The maximum Gasteiger partial charge on any atom is 0.188 e. The van der Waals surface area contributed by atoms with Crippen LogP contribution >= 0.6 is 0 Å². The van der Waals surface area contributed by atoms with Crippen LogP contribution in [0.15, 0.2) is 12.1 Å². The number of rotatable bonds is 5. The molecule has 0 aliphatic carbocycles. The number of carbonyl (C=O) groups is 1. The molecule has 2 aromatic rings. The van der Waals surface area contributed by atoms with Gasteiger partial charge in [-0.2, -0.15) is 10.2 Å². The lowest BCUT2D eigenvalue weighted by Gasteiger charge is -2.02. The molecule has 5 nitrogen and oxygen atoms in total. The fourth-order valence-corrected chi connectivity index (χ4v) is 2.06. The van der Waals surface area contributed by atoms with Crippen molar-refractivity contribution in [2.45, 2.75) is 40.2 Å².